The van der Waals surface area contributed by atoms with Crippen molar-refractivity contribution >= 4 is 11.8 Å². The van der Waals surface area contributed by atoms with E-state index in [1.165, 1.54) is 6.20 Å². The molecule has 2 aliphatic rings. The first-order valence-corrected chi connectivity index (χ1v) is 7.11. The standard InChI is InChI=1S/C14H19N3O3/c1-10-11(9-15-20-10)13(19)17-7-2-4-14(6-8-17)5-3-12(18)16-14/h9H,2-8H2,1H3,(H,16,18)/t14-/m0/s1. The Labute approximate surface area is 117 Å². The molecule has 108 valence electrons. The third-order valence-corrected chi connectivity index (χ3v) is 4.45. The van der Waals surface area contributed by atoms with Gasteiger partial charge in [-0.25, -0.2) is 0 Å². The highest BCUT2D eigenvalue weighted by molar-refractivity contribution is 5.94. The average Bonchev–Trinajstić information content (AvgIpc) is 2.93. The van der Waals surface area contributed by atoms with Crippen LogP contribution in [-0.4, -0.2) is 40.5 Å². The molecule has 2 amide bonds. The zero-order valence-corrected chi connectivity index (χ0v) is 11.6. The van der Waals surface area contributed by atoms with Crippen molar-refractivity contribution in [3.8, 4) is 0 Å². The van der Waals surface area contributed by atoms with Gasteiger partial charge in [-0.15, -0.1) is 0 Å². The average molecular weight is 277 g/mol. The number of carbonyl (C=O) groups excluding carboxylic acids is 2. The number of likely N-dealkylation sites (tertiary alicyclic amines) is 1. The summed E-state index contributed by atoms with van der Waals surface area (Å²) in [5.41, 5.74) is 0.451. The maximum absolute atomic E-state index is 12.4. The summed E-state index contributed by atoms with van der Waals surface area (Å²) in [5, 5.41) is 6.77. The predicted octanol–water partition coefficient (Wildman–Crippen LogP) is 1.26. The van der Waals surface area contributed by atoms with Crippen LogP contribution in [0.2, 0.25) is 0 Å². The van der Waals surface area contributed by atoms with Gasteiger partial charge in [-0.2, -0.15) is 0 Å². The molecule has 1 aromatic heterocycles. The second-order valence-corrected chi connectivity index (χ2v) is 5.77. The van der Waals surface area contributed by atoms with Crippen LogP contribution in [-0.2, 0) is 4.79 Å². The lowest BCUT2D eigenvalue weighted by atomic mass is 9.89. The molecule has 1 atom stereocenters. The van der Waals surface area contributed by atoms with Crippen LogP contribution in [0.4, 0.5) is 0 Å². The van der Waals surface area contributed by atoms with Gasteiger partial charge in [0, 0.05) is 25.0 Å². The molecule has 2 saturated heterocycles. The zero-order chi connectivity index (χ0) is 14.2. The highest BCUT2D eigenvalue weighted by atomic mass is 16.5. The largest absolute Gasteiger partial charge is 0.361 e. The second kappa shape index (κ2) is 4.92. The lowest BCUT2D eigenvalue weighted by Crippen LogP contribution is -2.42. The van der Waals surface area contributed by atoms with Gasteiger partial charge in [0.1, 0.15) is 11.3 Å². The van der Waals surface area contributed by atoms with E-state index in [0.29, 0.717) is 24.3 Å². The van der Waals surface area contributed by atoms with Crippen LogP contribution in [0.25, 0.3) is 0 Å². The Hall–Kier alpha value is -1.85. The van der Waals surface area contributed by atoms with Crippen molar-refractivity contribution in [1.82, 2.24) is 15.4 Å². The predicted molar refractivity (Wildman–Crippen MR) is 71.1 cm³/mol. The third-order valence-electron chi connectivity index (χ3n) is 4.45. The molecule has 1 spiro atoms. The number of aryl methyl sites for hydroxylation is 1. The van der Waals surface area contributed by atoms with Crippen molar-refractivity contribution in [2.24, 2.45) is 0 Å². The van der Waals surface area contributed by atoms with Crippen molar-refractivity contribution in [3.05, 3.63) is 17.5 Å². The number of nitrogens with zero attached hydrogens (tertiary/aromatic N) is 2. The molecule has 0 unspecified atom stereocenters. The van der Waals surface area contributed by atoms with Gasteiger partial charge < -0.3 is 14.7 Å². The minimum Gasteiger partial charge on any atom is -0.361 e. The maximum Gasteiger partial charge on any atom is 0.259 e. The van der Waals surface area contributed by atoms with Crippen molar-refractivity contribution in [2.45, 2.75) is 44.6 Å². The first-order chi connectivity index (χ1) is 9.60. The van der Waals surface area contributed by atoms with E-state index in [1.807, 2.05) is 4.90 Å². The SMILES string of the molecule is Cc1oncc1C(=O)N1CCC[C@]2(CCC(=O)N2)CC1. The molecule has 0 bridgehead atoms. The quantitative estimate of drug-likeness (QED) is 0.838. The van der Waals surface area contributed by atoms with Crippen molar-refractivity contribution < 1.29 is 14.1 Å². The summed E-state index contributed by atoms with van der Waals surface area (Å²) < 4.78 is 4.96. The normalized spacial score (nSPS) is 26.6. The van der Waals surface area contributed by atoms with E-state index < -0.39 is 0 Å². The minimum atomic E-state index is -0.0875. The Morgan fingerprint density at radius 1 is 1.40 bits per heavy atom. The maximum atomic E-state index is 12.4. The number of rotatable bonds is 1. The van der Waals surface area contributed by atoms with Crippen LogP contribution in [0.3, 0.4) is 0 Å². The molecule has 1 N–H and O–H groups in total. The Morgan fingerprint density at radius 2 is 2.25 bits per heavy atom. The molecule has 6 nitrogen and oxygen atoms in total. The molecule has 0 aromatic carbocycles. The van der Waals surface area contributed by atoms with E-state index in [-0.39, 0.29) is 17.4 Å². The van der Waals surface area contributed by atoms with E-state index in [4.69, 9.17) is 4.52 Å². The summed E-state index contributed by atoms with van der Waals surface area (Å²) in [6, 6.07) is 0. The van der Waals surface area contributed by atoms with Gasteiger partial charge in [-0.3, -0.25) is 9.59 Å². The fraction of sp³-hybridized carbons (Fsp3) is 0.643. The van der Waals surface area contributed by atoms with Gasteiger partial charge in [0.15, 0.2) is 0 Å². The van der Waals surface area contributed by atoms with Gasteiger partial charge in [0.05, 0.1) is 6.20 Å². The van der Waals surface area contributed by atoms with E-state index >= 15 is 0 Å². The van der Waals surface area contributed by atoms with Crippen LogP contribution in [0.15, 0.2) is 10.7 Å². The molecular weight excluding hydrogens is 258 g/mol. The molecule has 0 radical (unpaired) electrons. The summed E-state index contributed by atoms with van der Waals surface area (Å²) in [6.45, 7) is 3.14. The van der Waals surface area contributed by atoms with E-state index in [1.54, 1.807) is 6.92 Å². The summed E-state index contributed by atoms with van der Waals surface area (Å²) >= 11 is 0. The molecule has 6 heteroatoms. The van der Waals surface area contributed by atoms with Gasteiger partial charge in [0.2, 0.25) is 5.91 Å². The number of aromatic nitrogens is 1. The zero-order valence-electron chi connectivity index (χ0n) is 11.6. The fourth-order valence-corrected chi connectivity index (χ4v) is 3.22. The van der Waals surface area contributed by atoms with Gasteiger partial charge >= 0.3 is 0 Å². The Balaban J connectivity index is 1.70. The van der Waals surface area contributed by atoms with E-state index in [9.17, 15) is 9.59 Å². The van der Waals surface area contributed by atoms with Crippen molar-refractivity contribution in [2.75, 3.05) is 13.1 Å². The third kappa shape index (κ3) is 2.30. The summed E-state index contributed by atoms with van der Waals surface area (Å²) in [7, 11) is 0. The first-order valence-electron chi connectivity index (χ1n) is 7.11. The number of nitrogens with one attached hydrogen (secondary N) is 1. The lowest BCUT2D eigenvalue weighted by Gasteiger charge is -2.27. The van der Waals surface area contributed by atoms with E-state index in [0.717, 1.165) is 32.2 Å². The highest BCUT2D eigenvalue weighted by Crippen LogP contribution is 2.31. The summed E-state index contributed by atoms with van der Waals surface area (Å²) in [5.74, 6) is 0.674. The molecule has 2 fully saturated rings. The molecule has 0 aliphatic carbocycles. The first kappa shape index (κ1) is 13.1. The molecular formula is C14H19N3O3. The highest BCUT2D eigenvalue weighted by Gasteiger charge is 2.39. The topological polar surface area (TPSA) is 75.4 Å². The van der Waals surface area contributed by atoms with Crippen molar-refractivity contribution in [3.63, 3.8) is 0 Å². The summed E-state index contributed by atoms with van der Waals surface area (Å²) in [6.07, 6.45) is 5.67. The molecule has 0 saturated carbocycles. The second-order valence-electron chi connectivity index (χ2n) is 5.77. The monoisotopic (exact) mass is 277 g/mol. The number of carbonyl (C=O) groups is 2. The smallest absolute Gasteiger partial charge is 0.259 e. The molecule has 3 heterocycles. The number of hydrogen-bond donors (Lipinski definition) is 1. The lowest BCUT2D eigenvalue weighted by molar-refractivity contribution is -0.119. The molecule has 20 heavy (non-hydrogen) atoms. The van der Waals surface area contributed by atoms with Crippen LogP contribution >= 0.6 is 0 Å². The molecule has 3 rings (SSSR count). The molecule has 2 aliphatic heterocycles. The van der Waals surface area contributed by atoms with Gasteiger partial charge in [-0.05, 0) is 32.6 Å². The van der Waals surface area contributed by atoms with Crippen molar-refractivity contribution in [1.29, 1.82) is 0 Å². The Morgan fingerprint density at radius 3 is 2.90 bits per heavy atom. The van der Waals surface area contributed by atoms with Crippen LogP contribution in [0, 0.1) is 6.92 Å². The molecule has 1 aromatic rings. The van der Waals surface area contributed by atoms with Gasteiger partial charge in [-0.1, -0.05) is 5.16 Å². The summed E-state index contributed by atoms with van der Waals surface area (Å²) in [4.78, 5) is 25.7. The fourth-order valence-electron chi connectivity index (χ4n) is 3.22. The van der Waals surface area contributed by atoms with Gasteiger partial charge in [0.25, 0.3) is 5.91 Å². The number of amides is 2. The van der Waals surface area contributed by atoms with Crippen LogP contribution in [0.5, 0.6) is 0 Å². The number of hydrogen-bond acceptors (Lipinski definition) is 4. The van der Waals surface area contributed by atoms with Crippen LogP contribution in [0.1, 0.15) is 48.2 Å². The Kier molecular flexibility index (Phi) is 3.23. The van der Waals surface area contributed by atoms with E-state index in [2.05, 4.69) is 10.5 Å². The van der Waals surface area contributed by atoms with Crippen LogP contribution < -0.4 is 5.32 Å². The Bertz CT molecular complexity index is 540. The minimum absolute atomic E-state index is 0.0230.